The maximum Gasteiger partial charge on any atom is 2.00 e. The van der Waals surface area contributed by atoms with Crippen LogP contribution in [-0.2, 0) is 0 Å². The maximum atomic E-state index is 5.25. The fraction of sp³-hybridized carbons (Fsp3) is 0.364. The quantitative estimate of drug-likeness (QED) is 0.490. The summed E-state index contributed by atoms with van der Waals surface area (Å²) in [6.45, 7) is 8.26. The van der Waals surface area contributed by atoms with Crippen LogP contribution in [0.1, 0.15) is 30.9 Å². The number of methoxy groups -OCH3 is 1. The van der Waals surface area contributed by atoms with Gasteiger partial charge in [-0.05, 0) is 6.07 Å². The molecule has 0 aliphatic rings. The third-order valence-corrected chi connectivity index (χ3v) is 1.95. The minimum absolute atomic E-state index is 0. The molecule has 0 amide bonds. The van der Waals surface area contributed by atoms with Crippen LogP contribution in [0.15, 0.2) is 18.2 Å². The molecule has 0 bridgehead atoms. The first-order valence-electron chi connectivity index (χ1n) is 4.15. The number of ether oxygens (including phenoxy) is 1. The van der Waals surface area contributed by atoms with Gasteiger partial charge in [-0.1, -0.05) is 19.8 Å². The minimum atomic E-state index is 0. The molecule has 0 saturated heterocycles. The zero-order valence-corrected chi connectivity index (χ0v) is 11.2. The van der Waals surface area contributed by atoms with Crippen molar-refractivity contribution in [1.29, 1.82) is 0 Å². The number of benzene rings is 1. The van der Waals surface area contributed by atoms with Gasteiger partial charge in [0, 0.05) is 0 Å². The van der Waals surface area contributed by atoms with Gasteiger partial charge in [0.2, 0.25) is 0 Å². The molecule has 0 unspecified atom stereocenters. The van der Waals surface area contributed by atoms with Crippen LogP contribution in [0.2, 0.25) is 0 Å². The molecule has 1 aromatic carbocycles. The van der Waals surface area contributed by atoms with Crippen molar-refractivity contribution in [2.75, 3.05) is 7.11 Å². The van der Waals surface area contributed by atoms with E-state index < -0.39 is 0 Å². The molecule has 0 aromatic heterocycles. The Morgan fingerprint density at radius 1 is 1.29 bits per heavy atom. The van der Waals surface area contributed by atoms with E-state index in [4.69, 9.17) is 4.74 Å². The van der Waals surface area contributed by atoms with Crippen molar-refractivity contribution in [2.24, 2.45) is 0 Å². The van der Waals surface area contributed by atoms with Gasteiger partial charge in [-0.2, -0.15) is 18.6 Å². The van der Waals surface area contributed by atoms with Crippen LogP contribution in [0.5, 0.6) is 5.75 Å². The molecule has 0 spiro atoms. The van der Waals surface area contributed by atoms with E-state index in [9.17, 15) is 0 Å². The van der Waals surface area contributed by atoms with Gasteiger partial charge in [-0.3, -0.25) is 0 Å². The summed E-state index contributed by atoms with van der Waals surface area (Å²) in [5, 5.41) is 0. The summed E-state index contributed by atoms with van der Waals surface area (Å²) in [7, 11) is 1.70. The van der Waals surface area contributed by atoms with Crippen molar-refractivity contribution in [2.45, 2.75) is 19.8 Å². The molecule has 74 valence electrons. The van der Waals surface area contributed by atoms with Crippen molar-refractivity contribution in [3.8, 4) is 5.75 Å². The molecule has 1 aromatic rings. The van der Waals surface area contributed by atoms with Gasteiger partial charge in [-0.15, -0.1) is 11.6 Å². The molecule has 3 heteroatoms. The molecule has 0 atom stereocenters. The van der Waals surface area contributed by atoms with E-state index in [1.165, 1.54) is 5.56 Å². The Bertz CT molecular complexity index is 274. The van der Waals surface area contributed by atoms with E-state index in [2.05, 4.69) is 20.8 Å². The first-order valence-corrected chi connectivity index (χ1v) is 4.15. The third-order valence-electron chi connectivity index (χ3n) is 1.95. The summed E-state index contributed by atoms with van der Waals surface area (Å²) in [6, 6.07) is 5.95. The van der Waals surface area contributed by atoms with Gasteiger partial charge in [-0.25, -0.2) is 0 Å². The Labute approximate surface area is 109 Å². The van der Waals surface area contributed by atoms with Crippen LogP contribution in [-0.4, -0.2) is 30.2 Å². The molecule has 0 heterocycles. The zero-order chi connectivity index (χ0) is 9.14. The largest absolute Gasteiger partial charge is 2.00 e. The van der Waals surface area contributed by atoms with Crippen LogP contribution in [0, 0.1) is 6.92 Å². The van der Waals surface area contributed by atoms with Crippen LogP contribution in [0.3, 0.4) is 0 Å². The first-order chi connectivity index (χ1) is 5.66. The van der Waals surface area contributed by atoms with Gasteiger partial charge in [0.15, 0.2) is 0 Å². The molecule has 14 heavy (non-hydrogen) atoms. The zero-order valence-electron chi connectivity index (χ0n) is 9.01. The molecular formula is C11H15ClMgO. The van der Waals surface area contributed by atoms with Gasteiger partial charge < -0.3 is 17.1 Å². The van der Waals surface area contributed by atoms with Crippen molar-refractivity contribution < 1.29 is 17.1 Å². The molecule has 0 radical (unpaired) electrons. The Morgan fingerprint density at radius 2 is 1.86 bits per heavy atom. The summed E-state index contributed by atoms with van der Waals surface area (Å²) in [6.07, 6.45) is 0. The van der Waals surface area contributed by atoms with E-state index >= 15 is 0 Å². The third kappa shape index (κ3) is 3.60. The van der Waals surface area contributed by atoms with Crippen molar-refractivity contribution in [3.63, 3.8) is 0 Å². The second-order valence-electron chi connectivity index (χ2n) is 3.19. The number of halogens is 1. The number of hydrogen-bond donors (Lipinski definition) is 0. The van der Waals surface area contributed by atoms with Crippen molar-refractivity contribution >= 4 is 23.1 Å². The van der Waals surface area contributed by atoms with E-state index in [0.29, 0.717) is 5.92 Å². The average Bonchev–Trinajstić information content (AvgIpc) is 2.03. The summed E-state index contributed by atoms with van der Waals surface area (Å²) in [5.74, 6) is 1.41. The fourth-order valence-electron chi connectivity index (χ4n) is 1.42. The monoisotopic (exact) mass is 222 g/mol. The Hall–Kier alpha value is -0.0538. The normalized spacial score (nSPS) is 8.86. The Kier molecular flexibility index (Phi) is 8.50. The first kappa shape index (κ1) is 16.4. The predicted octanol–water partition coefficient (Wildman–Crippen LogP) is -0.376. The van der Waals surface area contributed by atoms with E-state index in [1.807, 2.05) is 18.2 Å². The molecule has 0 aliphatic carbocycles. The second-order valence-corrected chi connectivity index (χ2v) is 3.19. The van der Waals surface area contributed by atoms with Crippen molar-refractivity contribution in [3.05, 3.63) is 36.2 Å². The summed E-state index contributed by atoms with van der Waals surface area (Å²) in [5.41, 5.74) is 2.27. The van der Waals surface area contributed by atoms with E-state index in [-0.39, 0.29) is 35.5 Å². The van der Waals surface area contributed by atoms with Gasteiger partial charge in [0.1, 0.15) is 0 Å². The average molecular weight is 223 g/mol. The molecule has 0 fully saturated rings. The van der Waals surface area contributed by atoms with E-state index in [1.54, 1.807) is 7.11 Å². The number of hydrogen-bond acceptors (Lipinski definition) is 1. The Morgan fingerprint density at radius 3 is 2.21 bits per heavy atom. The van der Waals surface area contributed by atoms with Gasteiger partial charge >= 0.3 is 23.1 Å². The molecule has 0 N–H and O–H groups in total. The van der Waals surface area contributed by atoms with Crippen LogP contribution >= 0.6 is 0 Å². The smallest absolute Gasteiger partial charge is 1.00 e. The molecule has 0 saturated carbocycles. The summed E-state index contributed by atoms with van der Waals surface area (Å²) in [4.78, 5) is 0. The summed E-state index contributed by atoms with van der Waals surface area (Å²) < 4.78 is 5.25. The van der Waals surface area contributed by atoms with Crippen LogP contribution in [0.4, 0.5) is 0 Å². The number of rotatable bonds is 2. The fourth-order valence-corrected chi connectivity index (χ4v) is 1.42. The van der Waals surface area contributed by atoms with Crippen LogP contribution in [0.25, 0.3) is 0 Å². The van der Waals surface area contributed by atoms with E-state index in [0.717, 1.165) is 11.3 Å². The van der Waals surface area contributed by atoms with Crippen molar-refractivity contribution in [1.82, 2.24) is 0 Å². The predicted molar refractivity (Wildman–Crippen MR) is 57.3 cm³/mol. The SMILES string of the molecule is [CH2-]c1cccc(OC)c1C(C)C.[Cl-].[Mg+2]. The van der Waals surface area contributed by atoms with Gasteiger partial charge in [0.05, 0.1) is 12.9 Å². The summed E-state index contributed by atoms with van der Waals surface area (Å²) >= 11 is 0. The topological polar surface area (TPSA) is 9.23 Å². The second kappa shape index (κ2) is 7.27. The molecule has 1 nitrogen and oxygen atoms in total. The molecule has 0 aliphatic heterocycles. The molecule has 1 rings (SSSR count). The maximum absolute atomic E-state index is 5.25. The van der Waals surface area contributed by atoms with Crippen LogP contribution < -0.4 is 17.1 Å². The minimum Gasteiger partial charge on any atom is -1.00 e. The Balaban J connectivity index is 0. The van der Waals surface area contributed by atoms with Gasteiger partial charge in [0.25, 0.3) is 0 Å². The standard InChI is InChI=1S/C11H15O.ClH.Mg/c1-8(2)11-9(3)6-5-7-10(11)12-4;;/h5-8H,3H2,1-2,4H3;1H;/q-1;;+2/p-1. The molecular weight excluding hydrogens is 208 g/mol.